The van der Waals surface area contributed by atoms with Crippen molar-refractivity contribution < 1.29 is 4.79 Å². The van der Waals surface area contributed by atoms with Crippen molar-refractivity contribution in [2.75, 3.05) is 36.4 Å². The molecule has 0 unspecified atom stereocenters. The second-order valence-electron chi connectivity index (χ2n) is 6.78. The summed E-state index contributed by atoms with van der Waals surface area (Å²) in [5, 5.41) is 7.07. The van der Waals surface area contributed by atoms with Gasteiger partial charge in [-0.25, -0.2) is 19.4 Å². The van der Waals surface area contributed by atoms with E-state index in [0.29, 0.717) is 19.0 Å². The number of carbonyl (C=O) groups is 1. The summed E-state index contributed by atoms with van der Waals surface area (Å²) >= 11 is 0. The van der Waals surface area contributed by atoms with Gasteiger partial charge in [0, 0.05) is 32.4 Å². The zero-order valence-corrected chi connectivity index (χ0v) is 14.3. The van der Waals surface area contributed by atoms with E-state index in [0.717, 1.165) is 18.9 Å². The first-order chi connectivity index (χ1) is 11.4. The van der Waals surface area contributed by atoms with Crippen LogP contribution in [0.2, 0.25) is 0 Å². The highest BCUT2D eigenvalue weighted by Gasteiger charge is 2.23. The van der Waals surface area contributed by atoms with Crippen LogP contribution in [0.3, 0.4) is 0 Å². The predicted octanol–water partition coefficient (Wildman–Crippen LogP) is 1.78. The normalized spacial score (nSPS) is 15.5. The average molecular weight is 329 g/mol. The predicted molar refractivity (Wildman–Crippen MR) is 92.1 cm³/mol. The van der Waals surface area contributed by atoms with Crippen molar-refractivity contribution in [3.63, 3.8) is 0 Å². The van der Waals surface area contributed by atoms with Gasteiger partial charge in [-0.05, 0) is 32.9 Å². The summed E-state index contributed by atoms with van der Waals surface area (Å²) in [5.74, 6) is 1.28. The molecule has 2 amide bonds. The van der Waals surface area contributed by atoms with Crippen LogP contribution in [-0.2, 0) is 5.54 Å². The fraction of sp³-hybridized carbons (Fsp3) is 0.500. The Morgan fingerprint density at radius 1 is 1.12 bits per heavy atom. The minimum absolute atomic E-state index is 0.162. The number of amides is 2. The third-order valence-corrected chi connectivity index (χ3v) is 3.94. The van der Waals surface area contributed by atoms with Crippen LogP contribution in [0.1, 0.15) is 20.8 Å². The molecule has 8 nitrogen and oxygen atoms in total. The Labute approximate surface area is 141 Å². The van der Waals surface area contributed by atoms with E-state index in [1.165, 1.54) is 0 Å². The molecule has 0 bridgehead atoms. The quantitative estimate of drug-likeness (QED) is 0.908. The second kappa shape index (κ2) is 6.46. The Morgan fingerprint density at radius 3 is 2.46 bits per heavy atom. The summed E-state index contributed by atoms with van der Waals surface area (Å²) in [6.07, 6.45) is 3.42. The van der Waals surface area contributed by atoms with Crippen molar-refractivity contribution in [3.05, 3.63) is 30.7 Å². The third-order valence-electron chi connectivity index (χ3n) is 3.94. The molecule has 1 N–H and O–H groups in total. The lowest BCUT2D eigenvalue weighted by Crippen LogP contribution is -2.50. The zero-order chi connectivity index (χ0) is 17.2. The molecule has 1 saturated heterocycles. The van der Waals surface area contributed by atoms with Gasteiger partial charge < -0.3 is 9.80 Å². The lowest BCUT2D eigenvalue weighted by molar-refractivity contribution is 0.208. The van der Waals surface area contributed by atoms with Gasteiger partial charge in [-0.15, -0.1) is 5.10 Å². The standard InChI is InChI=1S/C16H23N7O/c1-16(2,3)23-12-18-14(20-23)19-15(24)22-10-8-21(9-11-22)13-6-4-5-7-17-13/h4-7,12H,8-11H2,1-3H3,(H,19,20,24). The highest BCUT2D eigenvalue weighted by Crippen LogP contribution is 2.15. The molecule has 3 rings (SSSR count). The van der Waals surface area contributed by atoms with Gasteiger partial charge in [-0.3, -0.25) is 5.32 Å². The van der Waals surface area contributed by atoms with E-state index in [1.54, 1.807) is 22.1 Å². The van der Waals surface area contributed by atoms with Gasteiger partial charge >= 0.3 is 6.03 Å². The van der Waals surface area contributed by atoms with Crippen LogP contribution >= 0.6 is 0 Å². The highest BCUT2D eigenvalue weighted by atomic mass is 16.2. The number of nitrogens with zero attached hydrogens (tertiary/aromatic N) is 6. The number of aromatic nitrogens is 4. The molecule has 1 fully saturated rings. The van der Waals surface area contributed by atoms with Gasteiger partial charge in [0.05, 0.1) is 5.54 Å². The first-order valence-electron chi connectivity index (χ1n) is 8.07. The zero-order valence-electron chi connectivity index (χ0n) is 14.3. The summed E-state index contributed by atoms with van der Waals surface area (Å²) < 4.78 is 1.74. The maximum atomic E-state index is 12.4. The molecular weight excluding hydrogens is 306 g/mol. The molecule has 0 saturated carbocycles. The molecule has 0 radical (unpaired) electrons. The van der Waals surface area contributed by atoms with Crippen LogP contribution in [0.4, 0.5) is 16.6 Å². The van der Waals surface area contributed by atoms with E-state index in [2.05, 4.69) is 25.3 Å². The molecule has 8 heteroatoms. The molecule has 0 atom stereocenters. The SMILES string of the molecule is CC(C)(C)n1cnc(NC(=O)N2CCN(c3ccccn3)CC2)n1. The smallest absolute Gasteiger partial charge is 0.324 e. The van der Waals surface area contributed by atoms with E-state index in [1.807, 2.05) is 39.0 Å². The Morgan fingerprint density at radius 2 is 1.88 bits per heavy atom. The number of anilines is 2. The van der Waals surface area contributed by atoms with E-state index in [9.17, 15) is 4.79 Å². The minimum Gasteiger partial charge on any atom is -0.353 e. The van der Waals surface area contributed by atoms with Crippen LogP contribution in [0, 0.1) is 0 Å². The Balaban J connectivity index is 1.55. The monoisotopic (exact) mass is 329 g/mol. The lowest BCUT2D eigenvalue weighted by atomic mass is 10.1. The number of piperazine rings is 1. The molecular formula is C16H23N7O. The van der Waals surface area contributed by atoms with Crippen molar-refractivity contribution in [1.29, 1.82) is 0 Å². The van der Waals surface area contributed by atoms with Gasteiger partial charge in [0.15, 0.2) is 0 Å². The van der Waals surface area contributed by atoms with Gasteiger partial charge in [0.1, 0.15) is 12.1 Å². The topological polar surface area (TPSA) is 79.2 Å². The molecule has 1 aliphatic rings. The van der Waals surface area contributed by atoms with Crippen molar-refractivity contribution in [2.24, 2.45) is 0 Å². The molecule has 0 aromatic carbocycles. The van der Waals surface area contributed by atoms with Gasteiger partial charge in [0.25, 0.3) is 0 Å². The van der Waals surface area contributed by atoms with Crippen LogP contribution in [0.5, 0.6) is 0 Å². The fourth-order valence-electron chi connectivity index (χ4n) is 2.50. The summed E-state index contributed by atoms with van der Waals surface area (Å²) in [6.45, 7) is 8.89. The summed E-state index contributed by atoms with van der Waals surface area (Å²) in [7, 11) is 0. The van der Waals surface area contributed by atoms with Crippen LogP contribution in [0.15, 0.2) is 30.7 Å². The second-order valence-corrected chi connectivity index (χ2v) is 6.78. The van der Waals surface area contributed by atoms with E-state index in [4.69, 9.17) is 0 Å². The van der Waals surface area contributed by atoms with Crippen LogP contribution in [0.25, 0.3) is 0 Å². The molecule has 2 aromatic rings. The van der Waals surface area contributed by atoms with Crippen molar-refractivity contribution in [3.8, 4) is 0 Å². The minimum atomic E-state index is -0.165. The van der Waals surface area contributed by atoms with E-state index >= 15 is 0 Å². The molecule has 2 aromatic heterocycles. The third kappa shape index (κ3) is 3.64. The molecule has 0 aliphatic carbocycles. The maximum Gasteiger partial charge on any atom is 0.324 e. The van der Waals surface area contributed by atoms with Gasteiger partial charge in [-0.1, -0.05) is 6.07 Å². The molecule has 0 spiro atoms. The Bertz CT molecular complexity index is 684. The number of urea groups is 1. The summed E-state index contributed by atoms with van der Waals surface area (Å²) in [6, 6.07) is 5.69. The van der Waals surface area contributed by atoms with Gasteiger partial charge in [-0.2, -0.15) is 0 Å². The number of hydrogen-bond donors (Lipinski definition) is 1. The molecule has 24 heavy (non-hydrogen) atoms. The van der Waals surface area contributed by atoms with Gasteiger partial charge in [0.2, 0.25) is 5.95 Å². The number of nitrogens with one attached hydrogen (secondary N) is 1. The van der Waals surface area contributed by atoms with Crippen LogP contribution in [-0.4, -0.2) is 56.9 Å². The first kappa shape index (κ1) is 16.2. The Hall–Kier alpha value is -2.64. The fourth-order valence-corrected chi connectivity index (χ4v) is 2.50. The number of hydrogen-bond acceptors (Lipinski definition) is 5. The van der Waals surface area contributed by atoms with Crippen LogP contribution < -0.4 is 10.2 Å². The van der Waals surface area contributed by atoms with Crippen molar-refractivity contribution in [1.82, 2.24) is 24.6 Å². The van der Waals surface area contributed by atoms with Crippen molar-refractivity contribution >= 4 is 17.8 Å². The van der Waals surface area contributed by atoms with E-state index < -0.39 is 0 Å². The number of rotatable bonds is 2. The molecule has 1 aliphatic heterocycles. The van der Waals surface area contributed by atoms with Crippen molar-refractivity contribution in [2.45, 2.75) is 26.3 Å². The number of pyridine rings is 1. The summed E-state index contributed by atoms with van der Waals surface area (Å²) in [5.41, 5.74) is -0.162. The average Bonchev–Trinajstić information content (AvgIpc) is 3.05. The highest BCUT2D eigenvalue weighted by molar-refractivity contribution is 5.87. The lowest BCUT2D eigenvalue weighted by Gasteiger charge is -2.35. The maximum absolute atomic E-state index is 12.4. The largest absolute Gasteiger partial charge is 0.353 e. The number of carbonyl (C=O) groups excluding carboxylic acids is 1. The molecule has 3 heterocycles. The molecule has 128 valence electrons. The van der Waals surface area contributed by atoms with E-state index in [-0.39, 0.29) is 11.6 Å². The summed E-state index contributed by atoms with van der Waals surface area (Å²) in [4.78, 5) is 24.8. The first-order valence-corrected chi connectivity index (χ1v) is 8.07. The Kier molecular flexibility index (Phi) is 4.37.